The van der Waals surface area contributed by atoms with E-state index in [0.717, 1.165) is 21.7 Å². The average molecular weight is 453 g/mol. The molecule has 31 heavy (non-hydrogen) atoms. The maximum Gasteiger partial charge on any atom is 0.416 e. The Bertz CT molecular complexity index is 1060. The lowest BCUT2D eigenvalue weighted by Gasteiger charge is -2.15. The molecule has 0 spiro atoms. The second kappa shape index (κ2) is 9.21. The lowest BCUT2D eigenvalue weighted by atomic mass is 10.2. The van der Waals surface area contributed by atoms with Crippen molar-refractivity contribution < 1.29 is 32.2 Å². The number of amides is 1. The van der Waals surface area contributed by atoms with Crippen LogP contribution >= 0.6 is 11.3 Å². The molecule has 0 aliphatic carbocycles. The van der Waals surface area contributed by atoms with Crippen LogP contribution in [0.15, 0.2) is 48.0 Å². The summed E-state index contributed by atoms with van der Waals surface area (Å²) in [6.45, 7) is -0.137. The van der Waals surface area contributed by atoms with Crippen LogP contribution < -0.4 is 4.74 Å². The van der Waals surface area contributed by atoms with Crippen molar-refractivity contribution in [3.63, 3.8) is 0 Å². The summed E-state index contributed by atoms with van der Waals surface area (Å²) in [5.41, 5.74) is -1.03. The van der Waals surface area contributed by atoms with Gasteiger partial charge in [-0.1, -0.05) is 12.1 Å². The minimum Gasteiger partial charge on any atom is -0.493 e. The number of methoxy groups -OCH3 is 1. The number of likely N-dealkylation sites (N-methyl/N-ethyl adjacent to an activating group) is 1. The molecule has 0 radical (unpaired) electrons. The van der Waals surface area contributed by atoms with Crippen LogP contribution in [0.4, 0.5) is 13.2 Å². The highest BCUT2D eigenvalue weighted by Crippen LogP contribution is 2.30. The number of thiophene rings is 1. The first-order valence-electron chi connectivity index (χ1n) is 8.94. The van der Waals surface area contributed by atoms with Gasteiger partial charge in [0.1, 0.15) is 0 Å². The highest BCUT2D eigenvalue weighted by atomic mass is 32.1. The summed E-state index contributed by atoms with van der Waals surface area (Å²) in [4.78, 5) is 27.0. The first-order valence-corrected chi connectivity index (χ1v) is 9.81. The Hall–Kier alpha value is -3.34. The Kier molecular flexibility index (Phi) is 6.64. The van der Waals surface area contributed by atoms with Crippen LogP contribution in [0.25, 0.3) is 5.69 Å². The number of ether oxygens (including phenoxy) is 2. The van der Waals surface area contributed by atoms with Gasteiger partial charge >= 0.3 is 12.1 Å². The van der Waals surface area contributed by atoms with Gasteiger partial charge in [0.15, 0.2) is 12.4 Å². The zero-order valence-electron chi connectivity index (χ0n) is 16.5. The Balaban J connectivity index is 1.70. The molecule has 0 saturated carbocycles. The van der Waals surface area contributed by atoms with Gasteiger partial charge in [-0.15, -0.1) is 11.3 Å². The quantitative estimate of drug-likeness (QED) is 0.509. The molecule has 3 aromatic rings. The molecule has 164 valence electrons. The molecule has 1 aromatic carbocycles. The van der Waals surface area contributed by atoms with Gasteiger partial charge in [-0.25, -0.2) is 9.48 Å². The lowest BCUT2D eigenvalue weighted by molar-refractivity contribution is -0.137. The van der Waals surface area contributed by atoms with Crippen LogP contribution in [0.5, 0.6) is 5.75 Å². The molecule has 2 heterocycles. The standard InChI is InChI=1S/C20H18F3N3O4S/c1-25(10-15-7-4-8-31-15)17(27)12-30-19(28)18-16(29-2)11-26(24-18)14-6-3-5-13(9-14)20(21,22)23/h3-9,11H,10,12H2,1-2H3. The van der Waals surface area contributed by atoms with Crippen LogP contribution in [0, 0.1) is 0 Å². The zero-order valence-corrected chi connectivity index (χ0v) is 17.4. The molecular weight excluding hydrogens is 435 g/mol. The molecule has 11 heteroatoms. The molecule has 3 rings (SSSR count). The predicted molar refractivity (Wildman–Crippen MR) is 106 cm³/mol. The van der Waals surface area contributed by atoms with E-state index < -0.39 is 30.2 Å². The first-order chi connectivity index (χ1) is 14.7. The number of nitrogens with zero attached hydrogens (tertiary/aromatic N) is 3. The molecule has 0 atom stereocenters. The Morgan fingerprint density at radius 3 is 2.65 bits per heavy atom. The third-order valence-electron chi connectivity index (χ3n) is 4.26. The van der Waals surface area contributed by atoms with E-state index in [1.807, 2.05) is 17.5 Å². The van der Waals surface area contributed by atoms with Gasteiger partial charge in [0, 0.05) is 11.9 Å². The molecule has 1 amide bonds. The fourth-order valence-electron chi connectivity index (χ4n) is 2.64. The Morgan fingerprint density at radius 1 is 1.23 bits per heavy atom. The molecule has 0 N–H and O–H groups in total. The van der Waals surface area contributed by atoms with Crippen LogP contribution in [-0.4, -0.2) is 47.3 Å². The number of hydrogen-bond acceptors (Lipinski definition) is 6. The van der Waals surface area contributed by atoms with Crippen molar-refractivity contribution in [3.8, 4) is 11.4 Å². The minimum absolute atomic E-state index is 0.00167. The molecule has 0 unspecified atom stereocenters. The molecule has 7 nitrogen and oxygen atoms in total. The van der Waals surface area contributed by atoms with Crippen molar-refractivity contribution in [2.45, 2.75) is 12.7 Å². The maximum atomic E-state index is 13.0. The molecule has 0 saturated heterocycles. The van der Waals surface area contributed by atoms with E-state index in [9.17, 15) is 22.8 Å². The van der Waals surface area contributed by atoms with Gasteiger partial charge in [0.2, 0.25) is 5.69 Å². The van der Waals surface area contributed by atoms with Crippen molar-refractivity contribution in [2.24, 2.45) is 0 Å². The fourth-order valence-corrected chi connectivity index (χ4v) is 3.39. The summed E-state index contributed by atoms with van der Waals surface area (Å²) >= 11 is 1.50. The van der Waals surface area contributed by atoms with Gasteiger partial charge in [0.25, 0.3) is 5.91 Å². The van der Waals surface area contributed by atoms with E-state index in [4.69, 9.17) is 9.47 Å². The van der Waals surface area contributed by atoms with E-state index >= 15 is 0 Å². The van der Waals surface area contributed by atoms with E-state index in [2.05, 4.69) is 5.10 Å². The number of benzene rings is 1. The molecule has 0 bridgehead atoms. The summed E-state index contributed by atoms with van der Waals surface area (Å²) in [6, 6.07) is 8.20. The maximum absolute atomic E-state index is 13.0. The van der Waals surface area contributed by atoms with Crippen molar-refractivity contribution in [3.05, 3.63) is 64.1 Å². The minimum atomic E-state index is -4.52. The number of carbonyl (C=O) groups excluding carboxylic acids is 2. The highest BCUT2D eigenvalue weighted by Gasteiger charge is 2.31. The molecule has 0 aliphatic rings. The number of halogens is 3. The largest absolute Gasteiger partial charge is 0.493 e. The Morgan fingerprint density at radius 2 is 2.00 bits per heavy atom. The van der Waals surface area contributed by atoms with Crippen LogP contribution in [0.3, 0.4) is 0 Å². The molecule has 2 aromatic heterocycles. The van der Waals surface area contributed by atoms with Gasteiger partial charge in [-0.05, 0) is 29.6 Å². The first kappa shape index (κ1) is 22.3. The zero-order chi connectivity index (χ0) is 22.6. The summed E-state index contributed by atoms with van der Waals surface area (Å²) in [7, 11) is 2.86. The summed E-state index contributed by atoms with van der Waals surface area (Å²) in [5, 5.41) is 5.87. The van der Waals surface area contributed by atoms with Gasteiger partial charge in [-0.2, -0.15) is 18.3 Å². The third kappa shape index (κ3) is 5.43. The monoisotopic (exact) mass is 453 g/mol. The SMILES string of the molecule is COc1cn(-c2cccc(C(F)(F)F)c2)nc1C(=O)OCC(=O)N(C)Cc1cccs1. The second-order valence-electron chi connectivity index (χ2n) is 6.44. The normalized spacial score (nSPS) is 11.3. The number of rotatable bonds is 7. The second-order valence-corrected chi connectivity index (χ2v) is 7.48. The smallest absolute Gasteiger partial charge is 0.416 e. The third-order valence-corrected chi connectivity index (χ3v) is 5.12. The van der Waals surface area contributed by atoms with Gasteiger partial charge in [0.05, 0.1) is 31.1 Å². The number of hydrogen-bond donors (Lipinski definition) is 0. The Labute approximate surface area is 179 Å². The number of aromatic nitrogens is 2. The highest BCUT2D eigenvalue weighted by molar-refractivity contribution is 7.09. The van der Waals surface area contributed by atoms with Crippen molar-refractivity contribution in [1.82, 2.24) is 14.7 Å². The van der Waals surface area contributed by atoms with E-state index in [1.54, 1.807) is 7.05 Å². The predicted octanol–water partition coefficient (Wildman–Crippen LogP) is 3.78. The molecular formula is C20H18F3N3O4S. The molecule has 0 fully saturated rings. The summed E-state index contributed by atoms with van der Waals surface area (Å²) in [5.74, 6) is -1.35. The van der Waals surface area contributed by atoms with Crippen LogP contribution in [0.2, 0.25) is 0 Å². The van der Waals surface area contributed by atoms with Gasteiger partial charge in [-0.3, -0.25) is 4.79 Å². The number of alkyl halides is 3. The summed E-state index contributed by atoms with van der Waals surface area (Å²) < 4.78 is 50.1. The van der Waals surface area contributed by atoms with Gasteiger partial charge < -0.3 is 14.4 Å². The van der Waals surface area contributed by atoms with Crippen molar-refractivity contribution in [1.29, 1.82) is 0 Å². The number of carbonyl (C=O) groups is 2. The fraction of sp³-hybridized carbons (Fsp3) is 0.250. The van der Waals surface area contributed by atoms with Crippen molar-refractivity contribution in [2.75, 3.05) is 20.8 Å². The van der Waals surface area contributed by atoms with E-state index in [0.29, 0.717) is 6.54 Å². The van der Waals surface area contributed by atoms with Crippen LogP contribution in [-0.2, 0) is 22.3 Å². The van der Waals surface area contributed by atoms with E-state index in [-0.39, 0.29) is 17.1 Å². The van der Waals surface area contributed by atoms with Crippen molar-refractivity contribution >= 4 is 23.2 Å². The molecule has 0 aliphatic heterocycles. The summed E-state index contributed by atoms with van der Waals surface area (Å²) in [6.07, 6.45) is -3.26. The van der Waals surface area contributed by atoms with Crippen LogP contribution in [0.1, 0.15) is 20.9 Å². The number of esters is 1. The van der Waals surface area contributed by atoms with E-state index in [1.165, 1.54) is 41.7 Å². The lowest BCUT2D eigenvalue weighted by Crippen LogP contribution is -2.30. The average Bonchev–Trinajstić information content (AvgIpc) is 3.40. The topological polar surface area (TPSA) is 73.7 Å².